The van der Waals surface area contributed by atoms with Crippen LogP contribution in [0.15, 0.2) is 34.2 Å². The Hall–Kier alpha value is -1.63. The second-order valence-electron chi connectivity index (χ2n) is 9.25. The molecule has 0 bridgehead atoms. The summed E-state index contributed by atoms with van der Waals surface area (Å²) in [6, 6.07) is 8.68. The number of thioether (sulfide) groups is 1. The van der Waals surface area contributed by atoms with E-state index in [1.807, 2.05) is 0 Å². The van der Waals surface area contributed by atoms with Crippen molar-refractivity contribution in [3.63, 3.8) is 0 Å². The van der Waals surface area contributed by atoms with Crippen LogP contribution in [-0.4, -0.2) is 40.3 Å². The molecule has 6 heteroatoms. The molecular formula is C24H31N3OS2. The van der Waals surface area contributed by atoms with Crippen LogP contribution in [0.25, 0.3) is 21.3 Å². The molecule has 1 aliphatic heterocycles. The molecule has 0 spiro atoms. The molecular weight excluding hydrogens is 410 g/mol. The highest BCUT2D eigenvalue weighted by molar-refractivity contribution is 7.99. The molecule has 1 fully saturated rings. The number of rotatable bonds is 4. The number of aromatic amines is 1. The molecule has 1 aliphatic rings. The summed E-state index contributed by atoms with van der Waals surface area (Å²) in [7, 11) is 2.17. The van der Waals surface area contributed by atoms with Crippen molar-refractivity contribution in [3.05, 3.63) is 45.1 Å². The molecule has 3 aromatic rings. The van der Waals surface area contributed by atoms with Crippen molar-refractivity contribution in [1.82, 2.24) is 14.9 Å². The van der Waals surface area contributed by atoms with Crippen LogP contribution in [0.5, 0.6) is 0 Å². The first kappa shape index (κ1) is 21.6. The van der Waals surface area contributed by atoms with Crippen molar-refractivity contribution in [3.8, 4) is 11.1 Å². The van der Waals surface area contributed by atoms with E-state index in [1.165, 1.54) is 10.4 Å². The molecule has 4 rings (SSSR count). The monoisotopic (exact) mass is 441 g/mol. The minimum absolute atomic E-state index is 0.0127. The van der Waals surface area contributed by atoms with Gasteiger partial charge < -0.3 is 9.88 Å². The predicted octanol–water partition coefficient (Wildman–Crippen LogP) is 5.70. The average molecular weight is 442 g/mol. The molecule has 0 atom stereocenters. The van der Waals surface area contributed by atoms with Crippen LogP contribution in [-0.2, 0) is 11.8 Å². The Morgan fingerprint density at radius 3 is 2.47 bits per heavy atom. The molecule has 30 heavy (non-hydrogen) atoms. The maximum Gasteiger partial charge on any atom is 0.260 e. The lowest BCUT2D eigenvalue weighted by atomic mass is 9.86. The second kappa shape index (κ2) is 8.48. The summed E-state index contributed by atoms with van der Waals surface area (Å²) in [6.45, 7) is 11.0. The Kier molecular flexibility index (Phi) is 6.11. The number of nitrogens with zero attached hydrogens (tertiary/aromatic N) is 2. The lowest BCUT2D eigenvalue weighted by Crippen LogP contribution is -2.31. The van der Waals surface area contributed by atoms with E-state index >= 15 is 0 Å². The number of aromatic nitrogens is 2. The zero-order valence-electron chi connectivity index (χ0n) is 18.5. The first-order chi connectivity index (χ1) is 14.3. The van der Waals surface area contributed by atoms with Crippen LogP contribution >= 0.6 is 23.1 Å². The van der Waals surface area contributed by atoms with Gasteiger partial charge >= 0.3 is 0 Å². The Morgan fingerprint density at radius 2 is 1.87 bits per heavy atom. The third kappa shape index (κ3) is 4.36. The van der Waals surface area contributed by atoms with E-state index in [9.17, 15) is 4.79 Å². The lowest BCUT2D eigenvalue weighted by Gasteiger charge is -2.27. The van der Waals surface area contributed by atoms with Gasteiger partial charge in [0.05, 0.1) is 5.39 Å². The molecule has 0 aliphatic carbocycles. The first-order valence-corrected chi connectivity index (χ1v) is 12.5. The second-order valence-corrected chi connectivity index (χ2v) is 11.6. The third-order valence-corrected chi connectivity index (χ3v) is 8.37. The molecule has 160 valence electrons. The molecule has 4 nitrogen and oxygen atoms in total. The number of nitrogens with one attached hydrogen (secondary N) is 1. The molecule has 1 N–H and O–H groups in total. The lowest BCUT2D eigenvalue weighted by molar-refractivity contribution is 0.282. The van der Waals surface area contributed by atoms with Gasteiger partial charge in [0.1, 0.15) is 4.83 Å². The van der Waals surface area contributed by atoms with Crippen LogP contribution < -0.4 is 5.56 Å². The molecule has 1 saturated heterocycles. The maximum atomic E-state index is 13.1. The highest BCUT2D eigenvalue weighted by Crippen LogP contribution is 2.38. The fourth-order valence-corrected chi connectivity index (χ4v) is 6.29. The molecule has 2 aromatic heterocycles. The number of benzene rings is 1. The Balaban J connectivity index is 1.71. The number of aryl methyl sites for hydroxylation is 1. The molecule has 3 heterocycles. The van der Waals surface area contributed by atoms with Gasteiger partial charge in [0.25, 0.3) is 5.56 Å². The summed E-state index contributed by atoms with van der Waals surface area (Å²) < 4.78 is 0. The first-order valence-electron chi connectivity index (χ1n) is 10.8. The quantitative estimate of drug-likeness (QED) is 0.528. The maximum absolute atomic E-state index is 13.1. The van der Waals surface area contributed by atoms with Gasteiger partial charge in [0, 0.05) is 15.7 Å². The topological polar surface area (TPSA) is 49.0 Å². The highest BCUT2D eigenvalue weighted by atomic mass is 32.2. The minimum Gasteiger partial charge on any atom is -0.306 e. The molecule has 1 aromatic carbocycles. The van der Waals surface area contributed by atoms with E-state index in [4.69, 9.17) is 4.98 Å². The summed E-state index contributed by atoms with van der Waals surface area (Å²) in [5.74, 6) is 0. The van der Waals surface area contributed by atoms with Crippen LogP contribution in [0.4, 0.5) is 0 Å². The van der Waals surface area contributed by atoms with Crippen LogP contribution in [0, 0.1) is 0 Å². The zero-order valence-corrected chi connectivity index (χ0v) is 20.2. The van der Waals surface area contributed by atoms with E-state index in [0.717, 1.165) is 58.9 Å². The van der Waals surface area contributed by atoms with Crippen molar-refractivity contribution in [2.24, 2.45) is 0 Å². The van der Waals surface area contributed by atoms with Crippen molar-refractivity contribution >= 4 is 33.3 Å². The average Bonchev–Trinajstić information content (AvgIpc) is 3.08. The third-order valence-electron chi connectivity index (χ3n) is 5.92. The summed E-state index contributed by atoms with van der Waals surface area (Å²) in [6.07, 6.45) is 3.17. The van der Waals surface area contributed by atoms with Crippen LogP contribution in [0.3, 0.4) is 0 Å². The van der Waals surface area contributed by atoms with Gasteiger partial charge in [-0.2, -0.15) is 0 Å². The van der Waals surface area contributed by atoms with Crippen molar-refractivity contribution < 1.29 is 0 Å². The summed E-state index contributed by atoms with van der Waals surface area (Å²) in [5, 5.41) is 2.03. The highest BCUT2D eigenvalue weighted by Gasteiger charge is 2.22. The number of hydrogen-bond donors (Lipinski definition) is 1. The van der Waals surface area contributed by atoms with Gasteiger partial charge in [-0.05, 0) is 55.9 Å². The Bertz CT molecular complexity index is 1080. The standard InChI is InChI=1S/C24H31N3OS2/c1-6-18-19(15-7-9-16(10-8-15)24(2,3)4)20-21(28)25-23(26-22(20)30-18)29-17-11-13-27(5)14-12-17/h7-10,17H,6,11-14H2,1-5H3,(H,25,26,28). The number of hydrogen-bond acceptors (Lipinski definition) is 5. The molecule has 0 amide bonds. The molecule has 0 radical (unpaired) electrons. The van der Waals surface area contributed by atoms with Crippen molar-refractivity contribution in [1.29, 1.82) is 0 Å². The van der Waals surface area contributed by atoms with Crippen LogP contribution in [0.2, 0.25) is 0 Å². The number of piperidine rings is 1. The smallest absolute Gasteiger partial charge is 0.260 e. The van der Waals surface area contributed by atoms with E-state index in [-0.39, 0.29) is 11.0 Å². The van der Waals surface area contributed by atoms with Crippen molar-refractivity contribution in [2.45, 2.75) is 62.8 Å². The molecule has 0 unspecified atom stereocenters. The van der Waals surface area contributed by atoms with E-state index in [0.29, 0.717) is 5.25 Å². The normalized spacial score (nSPS) is 16.4. The summed E-state index contributed by atoms with van der Waals surface area (Å²) >= 11 is 3.40. The minimum atomic E-state index is -0.0127. The number of H-pyrrole nitrogens is 1. The molecule has 0 saturated carbocycles. The van der Waals surface area contributed by atoms with Gasteiger partial charge in [0.2, 0.25) is 0 Å². The predicted molar refractivity (Wildman–Crippen MR) is 130 cm³/mol. The fraction of sp³-hybridized carbons (Fsp3) is 0.500. The SMILES string of the molecule is CCc1sc2nc(SC3CCN(C)CC3)[nH]c(=O)c2c1-c1ccc(C(C)(C)C)cc1. The van der Waals surface area contributed by atoms with Crippen LogP contribution in [0.1, 0.15) is 51.0 Å². The van der Waals surface area contributed by atoms with E-state index in [2.05, 4.69) is 68.9 Å². The summed E-state index contributed by atoms with van der Waals surface area (Å²) in [4.78, 5) is 25.5. The van der Waals surface area contributed by atoms with Crippen molar-refractivity contribution in [2.75, 3.05) is 20.1 Å². The Labute approximate surface area is 187 Å². The Morgan fingerprint density at radius 1 is 1.20 bits per heavy atom. The van der Waals surface area contributed by atoms with Gasteiger partial charge in [-0.25, -0.2) is 4.98 Å². The van der Waals surface area contributed by atoms with Gasteiger partial charge in [-0.1, -0.05) is 63.7 Å². The van der Waals surface area contributed by atoms with Gasteiger partial charge in [0.15, 0.2) is 5.16 Å². The zero-order chi connectivity index (χ0) is 21.5. The largest absolute Gasteiger partial charge is 0.306 e. The van der Waals surface area contributed by atoms with Gasteiger partial charge in [-0.15, -0.1) is 11.3 Å². The fourth-order valence-electron chi connectivity index (χ4n) is 4.04. The number of likely N-dealkylation sites (tertiary alicyclic amines) is 1. The number of fused-ring (bicyclic) bond motifs is 1. The van der Waals surface area contributed by atoms with E-state index < -0.39 is 0 Å². The number of thiophene rings is 1. The van der Waals surface area contributed by atoms with Gasteiger partial charge in [-0.3, -0.25) is 4.79 Å². The van der Waals surface area contributed by atoms with E-state index in [1.54, 1.807) is 23.1 Å². The summed E-state index contributed by atoms with van der Waals surface area (Å²) in [5.41, 5.74) is 3.56.